The number of Topliss-reactive ketones (excluding diaryl/α,β-unsaturated/α-hetero) is 1. The van der Waals surface area contributed by atoms with E-state index in [2.05, 4.69) is 10.1 Å². The topological polar surface area (TPSA) is 74.1 Å². The fourth-order valence-electron chi connectivity index (χ4n) is 3.44. The van der Waals surface area contributed by atoms with Gasteiger partial charge >= 0.3 is 5.97 Å². The van der Waals surface area contributed by atoms with Crippen LogP contribution in [0.25, 0.3) is 11.0 Å². The van der Waals surface area contributed by atoms with E-state index in [1.165, 1.54) is 5.56 Å². The summed E-state index contributed by atoms with van der Waals surface area (Å²) in [6.45, 7) is 13.4. The molecule has 0 spiro atoms. The number of hydrogen-bond acceptors (Lipinski definition) is 5. The first-order valence-electron chi connectivity index (χ1n) is 9.74. The standard InChI is InChI=1S/C23H27N3O3/c1-12(2)26-22-18(10-24-26)9-20(17(7)25-22)23(28)29-11-21(27)19-8-13(3)14(4)15(5)16(19)6/h8-10,12H,11H2,1-7H3. The lowest BCUT2D eigenvalue weighted by Gasteiger charge is -2.14. The van der Waals surface area contributed by atoms with Crippen LogP contribution >= 0.6 is 0 Å². The number of aromatic nitrogens is 3. The number of fused-ring (bicyclic) bond motifs is 1. The van der Waals surface area contributed by atoms with Gasteiger partial charge in [-0.2, -0.15) is 5.10 Å². The maximum atomic E-state index is 12.7. The van der Waals surface area contributed by atoms with Crippen LogP contribution in [0.1, 0.15) is 68.6 Å². The molecule has 0 aliphatic carbocycles. The van der Waals surface area contributed by atoms with Crippen LogP contribution in [-0.2, 0) is 4.74 Å². The van der Waals surface area contributed by atoms with Crippen molar-refractivity contribution in [3.05, 3.63) is 57.4 Å². The van der Waals surface area contributed by atoms with E-state index in [4.69, 9.17) is 4.74 Å². The molecule has 0 bridgehead atoms. The summed E-state index contributed by atoms with van der Waals surface area (Å²) in [6, 6.07) is 3.76. The lowest BCUT2D eigenvalue weighted by Crippen LogP contribution is -2.17. The molecule has 6 heteroatoms. The number of hydrogen-bond donors (Lipinski definition) is 0. The van der Waals surface area contributed by atoms with Crippen molar-refractivity contribution in [2.24, 2.45) is 0 Å². The Kier molecular flexibility index (Phi) is 5.55. The lowest BCUT2D eigenvalue weighted by molar-refractivity contribution is 0.0473. The summed E-state index contributed by atoms with van der Waals surface area (Å²) in [5.41, 5.74) is 6.47. The number of ketones is 1. The van der Waals surface area contributed by atoms with Gasteiger partial charge in [-0.1, -0.05) is 0 Å². The molecule has 1 aromatic carbocycles. The number of rotatable bonds is 5. The van der Waals surface area contributed by atoms with Crippen LogP contribution in [0.2, 0.25) is 0 Å². The Balaban J connectivity index is 1.81. The van der Waals surface area contributed by atoms with Gasteiger partial charge in [0.25, 0.3) is 0 Å². The summed E-state index contributed by atoms with van der Waals surface area (Å²) in [4.78, 5) is 29.8. The summed E-state index contributed by atoms with van der Waals surface area (Å²) in [7, 11) is 0. The van der Waals surface area contributed by atoms with Gasteiger partial charge in [-0.15, -0.1) is 0 Å². The van der Waals surface area contributed by atoms with Crippen molar-refractivity contribution in [3.63, 3.8) is 0 Å². The summed E-state index contributed by atoms with van der Waals surface area (Å²) in [5, 5.41) is 5.10. The van der Waals surface area contributed by atoms with E-state index < -0.39 is 5.97 Å². The van der Waals surface area contributed by atoms with Crippen LogP contribution in [0.15, 0.2) is 18.3 Å². The van der Waals surface area contributed by atoms with Gasteiger partial charge in [0.15, 0.2) is 12.3 Å². The number of aryl methyl sites for hydroxylation is 2. The minimum Gasteiger partial charge on any atom is -0.454 e. The Bertz CT molecular complexity index is 1130. The monoisotopic (exact) mass is 393 g/mol. The molecule has 0 N–H and O–H groups in total. The second-order valence-corrected chi connectivity index (χ2v) is 7.83. The van der Waals surface area contributed by atoms with Gasteiger partial charge in [0, 0.05) is 17.0 Å². The number of benzene rings is 1. The molecular weight excluding hydrogens is 366 g/mol. The van der Waals surface area contributed by atoms with Gasteiger partial charge < -0.3 is 4.74 Å². The van der Waals surface area contributed by atoms with E-state index in [1.807, 2.05) is 52.3 Å². The van der Waals surface area contributed by atoms with Crippen molar-refractivity contribution >= 4 is 22.8 Å². The summed E-state index contributed by atoms with van der Waals surface area (Å²) >= 11 is 0. The van der Waals surface area contributed by atoms with Crippen LogP contribution in [0, 0.1) is 34.6 Å². The second kappa shape index (κ2) is 7.78. The molecular formula is C23H27N3O3. The largest absolute Gasteiger partial charge is 0.454 e. The molecule has 0 aliphatic rings. The van der Waals surface area contributed by atoms with Crippen LogP contribution in [0.3, 0.4) is 0 Å². The first-order chi connectivity index (χ1) is 13.6. The van der Waals surface area contributed by atoms with Gasteiger partial charge in [0.2, 0.25) is 5.78 Å². The fraction of sp³-hybridized carbons (Fsp3) is 0.391. The first-order valence-corrected chi connectivity index (χ1v) is 9.74. The fourth-order valence-corrected chi connectivity index (χ4v) is 3.44. The molecule has 2 heterocycles. The SMILES string of the molecule is Cc1cc(C(=O)COC(=O)c2cc3cnn(C(C)C)c3nc2C)c(C)c(C)c1C. The Hall–Kier alpha value is -3.02. The molecule has 0 fully saturated rings. The summed E-state index contributed by atoms with van der Waals surface area (Å²) < 4.78 is 7.15. The Morgan fingerprint density at radius 1 is 1.00 bits per heavy atom. The predicted octanol–water partition coefficient (Wildman–Crippen LogP) is 4.59. The molecule has 0 unspecified atom stereocenters. The van der Waals surface area contributed by atoms with E-state index in [0.29, 0.717) is 16.8 Å². The van der Waals surface area contributed by atoms with E-state index in [9.17, 15) is 9.59 Å². The summed E-state index contributed by atoms with van der Waals surface area (Å²) in [5.74, 6) is -0.762. The summed E-state index contributed by atoms with van der Waals surface area (Å²) in [6.07, 6.45) is 1.69. The normalized spacial score (nSPS) is 11.3. The van der Waals surface area contributed by atoms with Crippen LogP contribution < -0.4 is 0 Å². The van der Waals surface area contributed by atoms with Crippen LogP contribution in [0.5, 0.6) is 0 Å². The Morgan fingerprint density at radius 3 is 2.34 bits per heavy atom. The maximum absolute atomic E-state index is 12.7. The third-order valence-electron chi connectivity index (χ3n) is 5.58. The highest BCUT2D eigenvalue weighted by atomic mass is 16.5. The Morgan fingerprint density at radius 2 is 1.69 bits per heavy atom. The van der Waals surface area contributed by atoms with Crippen molar-refractivity contribution in [3.8, 4) is 0 Å². The Labute approximate surface area is 170 Å². The minimum absolute atomic E-state index is 0.166. The lowest BCUT2D eigenvalue weighted by atomic mass is 9.93. The third-order valence-corrected chi connectivity index (χ3v) is 5.58. The number of carbonyl (C=O) groups is 2. The average Bonchev–Trinajstić information content (AvgIpc) is 3.09. The number of pyridine rings is 1. The van der Waals surface area contributed by atoms with Crippen LogP contribution in [-0.4, -0.2) is 33.1 Å². The quantitative estimate of drug-likeness (QED) is 0.468. The zero-order valence-corrected chi connectivity index (χ0v) is 18.1. The number of ether oxygens (including phenoxy) is 1. The van der Waals surface area contributed by atoms with Crippen molar-refractivity contribution < 1.29 is 14.3 Å². The smallest absolute Gasteiger partial charge is 0.340 e. The molecule has 6 nitrogen and oxygen atoms in total. The molecule has 0 radical (unpaired) electrons. The molecule has 0 atom stereocenters. The molecule has 0 aliphatic heterocycles. The molecule has 0 saturated carbocycles. The molecule has 3 aromatic rings. The van der Waals surface area contributed by atoms with Gasteiger partial charge in [-0.25, -0.2) is 14.5 Å². The maximum Gasteiger partial charge on any atom is 0.340 e. The average molecular weight is 393 g/mol. The van der Waals surface area contributed by atoms with Crippen molar-refractivity contribution in [1.82, 2.24) is 14.8 Å². The zero-order chi connectivity index (χ0) is 21.5. The van der Waals surface area contributed by atoms with Gasteiger partial charge in [0.05, 0.1) is 17.5 Å². The molecule has 0 saturated heterocycles. The van der Waals surface area contributed by atoms with Gasteiger partial charge in [-0.05, 0) is 82.9 Å². The zero-order valence-electron chi connectivity index (χ0n) is 18.1. The van der Waals surface area contributed by atoms with Crippen LogP contribution in [0.4, 0.5) is 0 Å². The highest BCUT2D eigenvalue weighted by molar-refractivity contribution is 6.01. The van der Waals surface area contributed by atoms with E-state index in [0.717, 1.165) is 27.7 Å². The highest BCUT2D eigenvalue weighted by Gasteiger charge is 2.19. The van der Waals surface area contributed by atoms with Gasteiger partial charge in [-0.3, -0.25) is 4.79 Å². The first kappa shape index (κ1) is 20.7. The van der Waals surface area contributed by atoms with E-state index in [-0.39, 0.29) is 18.4 Å². The van der Waals surface area contributed by atoms with Crippen molar-refractivity contribution in [1.29, 1.82) is 0 Å². The highest BCUT2D eigenvalue weighted by Crippen LogP contribution is 2.23. The number of nitrogens with zero attached hydrogens (tertiary/aromatic N) is 3. The van der Waals surface area contributed by atoms with Crippen molar-refractivity contribution in [2.45, 2.75) is 54.5 Å². The predicted molar refractivity (Wildman–Crippen MR) is 113 cm³/mol. The molecule has 152 valence electrons. The van der Waals surface area contributed by atoms with Gasteiger partial charge in [0.1, 0.15) is 0 Å². The minimum atomic E-state index is -0.555. The molecule has 29 heavy (non-hydrogen) atoms. The molecule has 2 aromatic heterocycles. The second-order valence-electron chi connectivity index (χ2n) is 7.83. The molecule has 0 amide bonds. The van der Waals surface area contributed by atoms with Crippen molar-refractivity contribution in [2.75, 3.05) is 6.61 Å². The van der Waals surface area contributed by atoms with E-state index >= 15 is 0 Å². The number of carbonyl (C=O) groups excluding carboxylic acids is 2. The molecule has 3 rings (SSSR count). The van der Waals surface area contributed by atoms with E-state index in [1.54, 1.807) is 19.2 Å². The third kappa shape index (κ3) is 3.79. The number of esters is 1.